The zero-order chi connectivity index (χ0) is 20.9. The highest BCUT2D eigenvalue weighted by Crippen LogP contribution is 2.28. The zero-order valence-corrected chi connectivity index (χ0v) is 18.2. The molecule has 1 aromatic heterocycles. The molecule has 0 radical (unpaired) electrons. The Bertz CT molecular complexity index is 1130. The third-order valence-electron chi connectivity index (χ3n) is 5.65. The van der Waals surface area contributed by atoms with Crippen molar-refractivity contribution in [3.05, 3.63) is 83.4 Å². The van der Waals surface area contributed by atoms with Gasteiger partial charge in [-0.25, -0.2) is 4.98 Å². The van der Waals surface area contributed by atoms with E-state index in [4.69, 9.17) is 9.72 Å². The number of imidazole rings is 1. The summed E-state index contributed by atoms with van der Waals surface area (Å²) in [6.45, 7) is 8.14. The third kappa shape index (κ3) is 4.40. The number of unbranched alkanes of at least 4 members (excludes halogenated alkanes) is 1. The number of hydrogen-bond donors (Lipinski definition) is 0. The monoisotopic (exact) mass is 398 g/mol. The van der Waals surface area contributed by atoms with Gasteiger partial charge in [-0.3, -0.25) is 0 Å². The Balaban J connectivity index is 1.46. The Morgan fingerprint density at radius 2 is 1.70 bits per heavy atom. The lowest BCUT2D eigenvalue weighted by atomic mass is 10.1. The number of rotatable bonds is 8. The maximum Gasteiger partial charge on any atom is 0.141 e. The second-order valence-corrected chi connectivity index (χ2v) is 7.95. The molecule has 3 aromatic carbocycles. The largest absolute Gasteiger partial charge is 0.494 e. The lowest BCUT2D eigenvalue weighted by Gasteiger charge is -2.12. The molecule has 0 saturated heterocycles. The molecule has 0 spiro atoms. The topological polar surface area (TPSA) is 27.1 Å². The van der Waals surface area contributed by atoms with Crippen LogP contribution in [0.2, 0.25) is 0 Å². The van der Waals surface area contributed by atoms with Gasteiger partial charge in [0.2, 0.25) is 0 Å². The van der Waals surface area contributed by atoms with Gasteiger partial charge in [0.25, 0.3) is 0 Å². The van der Waals surface area contributed by atoms with Gasteiger partial charge in [0.1, 0.15) is 11.6 Å². The van der Waals surface area contributed by atoms with Gasteiger partial charge in [-0.2, -0.15) is 0 Å². The van der Waals surface area contributed by atoms with Crippen LogP contribution in [0.25, 0.3) is 22.4 Å². The predicted octanol–water partition coefficient (Wildman–Crippen LogP) is 6.74. The van der Waals surface area contributed by atoms with E-state index in [9.17, 15) is 0 Å². The molecule has 0 aliphatic carbocycles. The van der Waals surface area contributed by atoms with Crippen LogP contribution >= 0.6 is 0 Å². The van der Waals surface area contributed by atoms with Crippen molar-refractivity contribution in [3.8, 4) is 17.1 Å². The number of nitrogens with zero attached hydrogens (tertiary/aromatic N) is 2. The maximum absolute atomic E-state index is 5.93. The molecule has 0 fully saturated rings. The smallest absolute Gasteiger partial charge is 0.141 e. The number of ether oxygens (including phenoxy) is 1. The molecular formula is C27H30N2O. The Morgan fingerprint density at radius 1 is 0.900 bits per heavy atom. The maximum atomic E-state index is 5.93. The molecule has 0 amide bonds. The van der Waals surface area contributed by atoms with Crippen molar-refractivity contribution in [2.24, 2.45) is 0 Å². The van der Waals surface area contributed by atoms with E-state index >= 15 is 0 Å². The summed E-state index contributed by atoms with van der Waals surface area (Å²) in [5.41, 5.74) is 7.36. The highest BCUT2D eigenvalue weighted by atomic mass is 16.5. The lowest BCUT2D eigenvalue weighted by molar-refractivity contribution is 0.303. The fourth-order valence-electron chi connectivity index (χ4n) is 3.96. The van der Waals surface area contributed by atoms with E-state index in [2.05, 4.69) is 92.1 Å². The van der Waals surface area contributed by atoms with Gasteiger partial charge in [-0.1, -0.05) is 55.0 Å². The summed E-state index contributed by atoms with van der Waals surface area (Å²) in [6.07, 6.45) is 3.11. The molecule has 3 heteroatoms. The summed E-state index contributed by atoms with van der Waals surface area (Å²) >= 11 is 0. The second-order valence-electron chi connectivity index (χ2n) is 7.95. The summed E-state index contributed by atoms with van der Waals surface area (Å²) in [4.78, 5) is 4.97. The standard InChI is InChI=1S/C27H30N2O/c1-4-22-12-14-23(15-13-22)30-18-8-7-17-29-26-10-6-5-9-25(26)28-27(29)24-16-11-20(2)19-21(24)3/h5-6,9-16,19H,4,7-8,17-18H2,1-3H3. The van der Waals surface area contributed by atoms with Gasteiger partial charge in [0.05, 0.1) is 17.6 Å². The quantitative estimate of drug-likeness (QED) is 0.307. The molecular weight excluding hydrogens is 368 g/mol. The van der Waals surface area contributed by atoms with E-state index in [1.54, 1.807) is 0 Å². The van der Waals surface area contributed by atoms with Crippen LogP contribution in [0.1, 0.15) is 36.5 Å². The molecule has 30 heavy (non-hydrogen) atoms. The zero-order valence-electron chi connectivity index (χ0n) is 18.2. The number of aromatic nitrogens is 2. The van der Waals surface area contributed by atoms with Gasteiger partial charge in [0, 0.05) is 12.1 Å². The minimum Gasteiger partial charge on any atom is -0.494 e. The number of aryl methyl sites for hydroxylation is 4. The average molecular weight is 399 g/mol. The van der Waals surface area contributed by atoms with E-state index in [0.717, 1.165) is 49.5 Å². The Labute approximate surface area is 179 Å². The molecule has 4 aromatic rings. The van der Waals surface area contributed by atoms with Crippen LogP contribution in [-0.4, -0.2) is 16.2 Å². The van der Waals surface area contributed by atoms with Crippen molar-refractivity contribution in [1.29, 1.82) is 0 Å². The first kappa shape index (κ1) is 20.2. The Morgan fingerprint density at radius 3 is 2.47 bits per heavy atom. The highest BCUT2D eigenvalue weighted by Gasteiger charge is 2.14. The molecule has 154 valence electrons. The predicted molar refractivity (Wildman–Crippen MR) is 125 cm³/mol. The van der Waals surface area contributed by atoms with Crippen molar-refractivity contribution in [3.63, 3.8) is 0 Å². The molecule has 0 aliphatic rings. The van der Waals surface area contributed by atoms with Crippen LogP contribution in [0.3, 0.4) is 0 Å². The van der Waals surface area contributed by atoms with Crippen LogP contribution in [0.5, 0.6) is 5.75 Å². The van der Waals surface area contributed by atoms with Crippen molar-refractivity contribution >= 4 is 11.0 Å². The number of benzene rings is 3. The van der Waals surface area contributed by atoms with Crippen LogP contribution in [-0.2, 0) is 13.0 Å². The summed E-state index contributed by atoms with van der Waals surface area (Å²) in [5, 5.41) is 0. The van der Waals surface area contributed by atoms with Gasteiger partial charge in [-0.15, -0.1) is 0 Å². The fourth-order valence-corrected chi connectivity index (χ4v) is 3.96. The number of hydrogen-bond acceptors (Lipinski definition) is 2. The van der Waals surface area contributed by atoms with E-state index in [1.165, 1.54) is 27.8 Å². The van der Waals surface area contributed by atoms with Gasteiger partial charge in [-0.05, 0) is 68.5 Å². The van der Waals surface area contributed by atoms with Crippen molar-refractivity contribution in [2.45, 2.75) is 46.6 Å². The molecule has 4 rings (SSSR count). The molecule has 0 bridgehead atoms. The normalized spacial score (nSPS) is 11.2. The summed E-state index contributed by atoms with van der Waals surface area (Å²) in [7, 11) is 0. The van der Waals surface area contributed by atoms with E-state index in [1.807, 2.05) is 0 Å². The minimum atomic E-state index is 0.733. The van der Waals surface area contributed by atoms with Crippen molar-refractivity contribution in [1.82, 2.24) is 9.55 Å². The molecule has 3 nitrogen and oxygen atoms in total. The lowest BCUT2D eigenvalue weighted by Crippen LogP contribution is -2.04. The second kappa shape index (κ2) is 9.17. The minimum absolute atomic E-state index is 0.733. The summed E-state index contributed by atoms with van der Waals surface area (Å²) in [6, 6.07) is 23.4. The Hall–Kier alpha value is -3.07. The highest BCUT2D eigenvalue weighted by molar-refractivity contribution is 5.81. The molecule has 0 N–H and O–H groups in total. The average Bonchev–Trinajstić information content (AvgIpc) is 3.12. The van der Waals surface area contributed by atoms with Crippen LogP contribution in [0.15, 0.2) is 66.7 Å². The molecule has 0 unspecified atom stereocenters. The summed E-state index contributed by atoms with van der Waals surface area (Å²) in [5.74, 6) is 2.01. The van der Waals surface area contributed by atoms with Gasteiger partial charge >= 0.3 is 0 Å². The first-order valence-corrected chi connectivity index (χ1v) is 10.9. The first-order chi connectivity index (χ1) is 14.7. The third-order valence-corrected chi connectivity index (χ3v) is 5.65. The Kier molecular flexibility index (Phi) is 6.18. The fraction of sp³-hybridized carbons (Fsp3) is 0.296. The van der Waals surface area contributed by atoms with Crippen molar-refractivity contribution < 1.29 is 4.74 Å². The van der Waals surface area contributed by atoms with E-state index in [0.29, 0.717) is 0 Å². The van der Waals surface area contributed by atoms with Crippen LogP contribution < -0.4 is 4.74 Å². The van der Waals surface area contributed by atoms with E-state index < -0.39 is 0 Å². The van der Waals surface area contributed by atoms with E-state index in [-0.39, 0.29) is 0 Å². The molecule has 0 atom stereocenters. The van der Waals surface area contributed by atoms with Gasteiger partial charge in [0.15, 0.2) is 0 Å². The van der Waals surface area contributed by atoms with Crippen LogP contribution in [0.4, 0.5) is 0 Å². The summed E-state index contributed by atoms with van der Waals surface area (Å²) < 4.78 is 8.30. The first-order valence-electron chi connectivity index (χ1n) is 10.9. The van der Waals surface area contributed by atoms with Crippen LogP contribution in [0, 0.1) is 13.8 Å². The molecule has 1 heterocycles. The SMILES string of the molecule is CCc1ccc(OCCCCn2c(-c3ccc(C)cc3C)nc3ccccc32)cc1. The van der Waals surface area contributed by atoms with Gasteiger partial charge < -0.3 is 9.30 Å². The number of para-hydroxylation sites is 2. The molecule has 0 saturated carbocycles. The number of fused-ring (bicyclic) bond motifs is 1. The molecule has 0 aliphatic heterocycles. The van der Waals surface area contributed by atoms with Crippen molar-refractivity contribution in [2.75, 3.05) is 6.61 Å².